The molecule has 5 nitrogen and oxygen atoms in total. The number of rotatable bonds is 8. The molecule has 1 aliphatic rings. The fourth-order valence-electron chi connectivity index (χ4n) is 3.24. The van der Waals surface area contributed by atoms with Gasteiger partial charge in [0.1, 0.15) is 5.82 Å². The van der Waals surface area contributed by atoms with Crippen LogP contribution in [0.4, 0.5) is 5.82 Å². The molecule has 5 heteroatoms. The van der Waals surface area contributed by atoms with Crippen molar-refractivity contribution in [2.45, 2.75) is 19.0 Å². The molecule has 5 N–H and O–H groups in total. The van der Waals surface area contributed by atoms with Crippen LogP contribution in [0.15, 0.2) is 48.5 Å². The van der Waals surface area contributed by atoms with Crippen LogP contribution in [0.2, 0.25) is 0 Å². The molecule has 2 heterocycles. The van der Waals surface area contributed by atoms with Gasteiger partial charge >= 0.3 is 0 Å². The highest BCUT2D eigenvalue weighted by Gasteiger charge is 2.26. The number of aromatic nitrogens is 1. The second-order valence-electron chi connectivity index (χ2n) is 6.40. The molecular formula is C19H27N5. The number of hydrogen-bond acceptors (Lipinski definition) is 5. The van der Waals surface area contributed by atoms with Crippen LogP contribution in [0.25, 0.3) is 0 Å². The molecule has 1 aromatic carbocycles. The number of benzene rings is 1. The topological polar surface area (TPSA) is 75.0 Å². The Labute approximate surface area is 144 Å². The van der Waals surface area contributed by atoms with Crippen LogP contribution in [0.5, 0.6) is 0 Å². The molecule has 0 unspecified atom stereocenters. The average molecular weight is 325 g/mol. The van der Waals surface area contributed by atoms with Crippen molar-refractivity contribution in [2.75, 3.05) is 31.9 Å². The van der Waals surface area contributed by atoms with Gasteiger partial charge in [0.2, 0.25) is 0 Å². The summed E-state index contributed by atoms with van der Waals surface area (Å²) in [7, 11) is 0. The van der Waals surface area contributed by atoms with E-state index in [0.29, 0.717) is 17.8 Å². The highest BCUT2D eigenvalue weighted by Crippen LogP contribution is 2.15. The van der Waals surface area contributed by atoms with Gasteiger partial charge in [-0.3, -0.25) is 0 Å². The Bertz CT molecular complexity index is 616. The van der Waals surface area contributed by atoms with Crippen molar-refractivity contribution < 1.29 is 0 Å². The number of nitrogens with zero attached hydrogens (tertiary/aromatic N) is 1. The zero-order valence-corrected chi connectivity index (χ0v) is 14.0. The molecule has 0 bridgehead atoms. The fraction of sp³-hybridized carbons (Fsp3) is 0.421. The van der Waals surface area contributed by atoms with E-state index in [1.807, 2.05) is 18.2 Å². The normalized spacial score (nSPS) is 20.3. The molecule has 1 aliphatic heterocycles. The summed E-state index contributed by atoms with van der Waals surface area (Å²) in [6.07, 6.45) is 0.965. The number of pyridine rings is 1. The van der Waals surface area contributed by atoms with Crippen LogP contribution in [-0.4, -0.2) is 37.2 Å². The van der Waals surface area contributed by atoms with Gasteiger partial charge in [-0.25, -0.2) is 4.98 Å². The number of nitrogen functional groups attached to an aromatic ring is 1. The standard InChI is InChI=1S/C19H27N5/c20-19-8-4-7-17(24-19)11-16-13-22-14-18(16)23-10-9-21-12-15-5-2-1-3-6-15/h1-8,16,18,21-23H,9-14H2,(H2,20,24)/t16-,18+/m0/s1. The summed E-state index contributed by atoms with van der Waals surface area (Å²) < 4.78 is 0. The highest BCUT2D eigenvalue weighted by atomic mass is 15.1. The Balaban J connectivity index is 1.38. The smallest absolute Gasteiger partial charge is 0.123 e. The summed E-state index contributed by atoms with van der Waals surface area (Å²) >= 11 is 0. The maximum atomic E-state index is 5.78. The van der Waals surface area contributed by atoms with Crippen molar-refractivity contribution in [1.29, 1.82) is 0 Å². The Morgan fingerprint density at radius 1 is 1.04 bits per heavy atom. The van der Waals surface area contributed by atoms with Crippen molar-refractivity contribution >= 4 is 5.82 Å². The third-order valence-electron chi connectivity index (χ3n) is 4.52. The van der Waals surface area contributed by atoms with Crippen molar-refractivity contribution in [1.82, 2.24) is 20.9 Å². The van der Waals surface area contributed by atoms with E-state index in [2.05, 4.69) is 51.3 Å². The van der Waals surface area contributed by atoms with Crippen LogP contribution in [0.3, 0.4) is 0 Å². The van der Waals surface area contributed by atoms with Crippen LogP contribution in [0.1, 0.15) is 11.3 Å². The molecule has 0 amide bonds. The molecule has 0 aliphatic carbocycles. The lowest BCUT2D eigenvalue weighted by molar-refractivity contribution is 0.419. The first-order valence-electron chi connectivity index (χ1n) is 8.71. The van der Waals surface area contributed by atoms with Crippen molar-refractivity contribution in [3.8, 4) is 0 Å². The summed E-state index contributed by atoms with van der Waals surface area (Å²) in [4.78, 5) is 4.42. The monoisotopic (exact) mass is 325 g/mol. The van der Waals surface area contributed by atoms with E-state index in [1.165, 1.54) is 5.56 Å². The second kappa shape index (κ2) is 8.78. The van der Waals surface area contributed by atoms with E-state index in [0.717, 1.165) is 44.8 Å². The molecule has 1 aromatic heterocycles. The van der Waals surface area contributed by atoms with Gasteiger partial charge in [-0.15, -0.1) is 0 Å². The third-order valence-corrected chi connectivity index (χ3v) is 4.52. The third kappa shape index (κ3) is 5.03. The minimum absolute atomic E-state index is 0.492. The molecule has 1 fully saturated rings. The predicted octanol–water partition coefficient (Wildman–Crippen LogP) is 1.17. The molecule has 2 aromatic rings. The Morgan fingerprint density at radius 2 is 1.92 bits per heavy atom. The molecular weight excluding hydrogens is 298 g/mol. The van der Waals surface area contributed by atoms with E-state index >= 15 is 0 Å². The van der Waals surface area contributed by atoms with Gasteiger partial charge in [0.05, 0.1) is 0 Å². The zero-order chi connectivity index (χ0) is 16.6. The number of hydrogen-bond donors (Lipinski definition) is 4. The van der Waals surface area contributed by atoms with Crippen molar-refractivity contribution in [3.05, 3.63) is 59.8 Å². The second-order valence-corrected chi connectivity index (χ2v) is 6.40. The van der Waals surface area contributed by atoms with Crippen LogP contribution in [0, 0.1) is 5.92 Å². The van der Waals surface area contributed by atoms with Gasteiger partial charge in [-0.1, -0.05) is 36.4 Å². The zero-order valence-electron chi connectivity index (χ0n) is 14.0. The van der Waals surface area contributed by atoms with E-state index in [4.69, 9.17) is 5.73 Å². The molecule has 0 radical (unpaired) electrons. The quantitative estimate of drug-likeness (QED) is 0.548. The van der Waals surface area contributed by atoms with Gasteiger partial charge in [0, 0.05) is 37.9 Å². The Morgan fingerprint density at radius 3 is 2.75 bits per heavy atom. The molecule has 3 rings (SSSR count). The van der Waals surface area contributed by atoms with Crippen LogP contribution >= 0.6 is 0 Å². The lowest BCUT2D eigenvalue weighted by Gasteiger charge is -2.20. The first-order valence-corrected chi connectivity index (χ1v) is 8.71. The lowest BCUT2D eigenvalue weighted by Crippen LogP contribution is -2.40. The van der Waals surface area contributed by atoms with Gasteiger partial charge in [0.15, 0.2) is 0 Å². The van der Waals surface area contributed by atoms with E-state index in [-0.39, 0.29) is 0 Å². The summed E-state index contributed by atoms with van der Waals surface area (Å²) in [5.41, 5.74) is 8.18. The Kier molecular flexibility index (Phi) is 6.18. The summed E-state index contributed by atoms with van der Waals surface area (Å²) in [5.74, 6) is 1.17. The highest BCUT2D eigenvalue weighted by molar-refractivity contribution is 5.29. The molecule has 0 spiro atoms. The average Bonchev–Trinajstić information content (AvgIpc) is 3.03. The summed E-state index contributed by atoms with van der Waals surface area (Å²) in [5, 5.41) is 10.6. The summed E-state index contributed by atoms with van der Waals surface area (Å²) in [6, 6.07) is 16.9. The molecule has 128 valence electrons. The first-order chi connectivity index (χ1) is 11.8. The minimum Gasteiger partial charge on any atom is -0.384 e. The van der Waals surface area contributed by atoms with Gasteiger partial charge < -0.3 is 21.7 Å². The molecule has 24 heavy (non-hydrogen) atoms. The van der Waals surface area contributed by atoms with Gasteiger partial charge in [0.25, 0.3) is 0 Å². The number of nitrogens with two attached hydrogens (primary N) is 1. The van der Waals surface area contributed by atoms with E-state index < -0.39 is 0 Å². The number of nitrogens with one attached hydrogen (secondary N) is 3. The number of anilines is 1. The fourth-order valence-corrected chi connectivity index (χ4v) is 3.24. The van der Waals surface area contributed by atoms with Crippen LogP contribution in [-0.2, 0) is 13.0 Å². The molecule has 1 saturated heterocycles. The summed E-state index contributed by atoms with van der Waals surface area (Å²) in [6.45, 7) is 4.91. The largest absolute Gasteiger partial charge is 0.384 e. The van der Waals surface area contributed by atoms with Crippen LogP contribution < -0.4 is 21.7 Å². The Hall–Kier alpha value is -1.95. The molecule has 0 saturated carbocycles. The maximum absolute atomic E-state index is 5.78. The van der Waals surface area contributed by atoms with Gasteiger partial charge in [-0.2, -0.15) is 0 Å². The van der Waals surface area contributed by atoms with Crippen molar-refractivity contribution in [2.24, 2.45) is 5.92 Å². The minimum atomic E-state index is 0.492. The van der Waals surface area contributed by atoms with E-state index in [9.17, 15) is 0 Å². The van der Waals surface area contributed by atoms with E-state index in [1.54, 1.807) is 0 Å². The van der Waals surface area contributed by atoms with Gasteiger partial charge in [-0.05, 0) is 36.6 Å². The predicted molar refractivity (Wildman–Crippen MR) is 98.7 cm³/mol. The molecule has 2 atom stereocenters. The lowest BCUT2D eigenvalue weighted by atomic mass is 9.97. The SMILES string of the molecule is Nc1cccc(C[C@H]2CNC[C@H]2NCCNCc2ccccc2)n1. The van der Waals surface area contributed by atoms with Crippen molar-refractivity contribution in [3.63, 3.8) is 0 Å². The first kappa shape index (κ1) is 16.9. The maximum Gasteiger partial charge on any atom is 0.123 e.